The molecule has 0 amide bonds. The van der Waals surface area contributed by atoms with Crippen LogP contribution in [0, 0.1) is 0 Å². The molecular weight excluding hydrogens is 825 g/mol. The third-order valence-corrected chi connectivity index (χ3v) is 11.8. The van der Waals surface area contributed by atoms with Gasteiger partial charge < -0.3 is 20.4 Å². The molecule has 0 spiro atoms. The molecule has 8 nitrogen and oxygen atoms in total. The zero-order valence-corrected chi connectivity index (χ0v) is 35.1. The van der Waals surface area contributed by atoms with Gasteiger partial charge >= 0.3 is 23.9 Å². The minimum atomic E-state index is -1.03. The topological polar surface area (TPSA) is 149 Å². The second-order valence-electron chi connectivity index (χ2n) is 15.7. The van der Waals surface area contributed by atoms with E-state index in [0.29, 0.717) is 0 Å². The van der Waals surface area contributed by atoms with Gasteiger partial charge in [0.05, 0.1) is 22.3 Å². The lowest BCUT2D eigenvalue weighted by Crippen LogP contribution is -1.99. The van der Waals surface area contributed by atoms with E-state index in [-0.39, 0.29) is 22.3 Å². The zero-order valence-electron chi connectivity index (χ0n) is 35.1. The Bertz CT molecular complexity index is 2890. The van der Waals surface area contributed by atoms with Crippen LogP contribution in [0.5, 0.6) is 0 Å². The molecule has 0 aliphatic rings. The van der Waals surface area contributed by atoms with Gasteiger partial charge in [-0.3, -0.25) is 0 Å². The number of benzene rings is 9. The SMILES string of the molecule is O=C(O)c1ccc(-c2ccccc2-c2cc(-c3ccccc3-c3ccc(C(=O)O)cc3)c(-c3ccccc3-c3ccc(C(=O)O)cc3)cc2-c2ccccc2-c2ccc(C(=O)O)cc2)cc1. The lowest BCUT2D eigenvalue weighted by molar-refractivity contribution is 0.0686. The van der Waals surface area contributed by atoms with Crippen molar-refractivity contribution in [2.75, 3.05) is 0 Å². The van der Waals surface area contributed by atoms with Gasteiger partial charge in [0.15, 0.2) is 0 Å². The van der Waals surface area contributed by atoms with E-state index in [9.17, 15) is 39.6 Å². The van der Waals surface area contributed by atoms with Gasteiger partial charge in [-0.1, -0.05) is 146 Å². The molecule has 8 heteroatoms. The number of hydrogen-bond acceptors (Lipinski definition) is 4. The Morgan fingerprint density at radius 2 is 0.379 bits per heavy atom. The molecular formula is C58H38O8. The van der Waals surface area contributed by atoms with E-state index in [0.717, 1.165) is 89.0 Å². The number of carbonyl (C=O) groups is 4. The summed E-state index contributed by atoms with van der Waals surface area (Å²) in [5, 5.41) is 39.0. The zero-order chi connectivity index (χ0) is 45.9. The van der Waals surface area contributed by atoms with Crippen molar-refractivity contribution in [3.63, 3.8) is 0 Å². The Balaban J connectivity index is 1.40. The van der Waals surface area contributed by atoms with Gasteiger partial charge in [-0.25, -0.2) is 19.2 Å². The molecule has 0 aliphatic heterocycles. The standard InChI is InChI=1S/C58H38O8/c59-55(60)39-25-17-35(18-26-39)43-9-1-5-13-47(43)51-33-53(49-15-7-3-11-45(49)37-21-29-41(30-22-37)57(63)64)54(50-16-8-4-12-46(50)38-23-31-42(32-24-38)58(65)66)34-52(51)48-14-6-2-10-44(48)36-19-27-40(28-20-36)56(61)62/h1-34H,(H,59,60)(H,61,62)(H,63,64)(H,65,66). The normalized spacial score (nSPS) is 10.9. The molecule has 0 aliphatic carbocycles. The molecule has 4 N–H and O–H groups in total. The van der Waals surface area contributed by atoms with Crippen molar-refractivity contribution in [1.82, 2.24) is 0 Å². The Morgan fingerprint density at radius 1 is 0.212 bits per heavy atom. The van der Waals surface area contributed by atoms with E-state index in [1.54, 1.807) is 97.1 Å². The fourth-order valence-corrected chi connectivity index (χ4v) is 8.54. The highest BCUT2D eigenvalue weighted by Gasteiger charge is 2.23. The first kappa shape index (κ1) is 42.2. The molecule has 0 heterocycles. The first-order valence-electron chi connectivity index (χ1n) is 21.0. The molecule has 0 bridgehead atoms. The monoisotopic (exact) mass is 862 g/mol. The molecule has 9 rings (SSSR count). The van der Waals surface area contributed by atoms with E-state index >= 15 is 0 Å². The summed E-state index contributed by atoms with van der Waals surface area (Å²) < 4.78 is 0. The van der Waals surface area contributed by atoms with Crippen molar-refractivity contribution in [2.24, 2.45) is 0 Å². The summed E-state index contributed by atoms with van der Waals surface area (Å²) in [6.45, 7) is 0. The average molecular weight is 863 g/mol. The van der Waals surface area contributed by atoms with E-state index in [4.69, 9.17) is 0 Å². The van der Waals surface area contributed by atoms with Crippen LogP contribution in [0.3, 0.4) is 0 Å². The Kier molecular flexibility index (Phi) is 11.5. The number of carboxylic acids is 4. The molecule has 66 heavy (non-hydrogen) atoms. The summed E-state index contributed by atoms with van der Waals surface area (Å²) in [4.78, 5) is 47.7. The minimum Gasteiger partial charge on any atom is -0.478 e. The quantitative estimate of drug-likeness (QED) is 0.0948. The predicted molar refractivity (Wildman–Crippen MR) is 258 cm³/mol. The van der Waals surface area contributed by atoms with Crippen LogP contribution in [0.1, 0.15) is 41.4 Å². The second-order valence-corrected chi connectivity index (χ2v) is 15.7. The molecule has 0 saturated heterocycles. The summed E-state index contributed by atoms with van der Waals surface area (Å²) in [6.07, 6.45) is 0. The van der Waals surface area contributed by atoms with Crippen LogP contribution in [0.2, 0.25) is 0 Å². The number of carboxylic acid groups (broad SMARTS) is 4. The van der Waals surface area contributed by atoms with Crippen molar-refractivity contribution in [1.29, 1.82) is 0 Å². The molecule has 9 aromatic rings. The third kappa shape index (κ3) is 8.25. The van der Waals surface area contributed by atoms with Crippen molar-refractivity contribution >= 4 is 23.9 Å². The van der Waals surface area contributed by atoms with Gasteiger partial charge in [0.25, 0.3) is 0 Å². The van der Waals surface area contributed by atoms with E-state index in [1.165, 1.54) is 0 Å². The lowest BCUT2D eigenvalue weighted by atomic mass is 9.80. The van der Waals surface area contributed by atoms with Crippen molar-refractivity contribution < 1.29 is 39.6 Å². The van der Waals surface area contributed by atoms with Crippen LogP contribution in [0.4, 0.5) is 0 Å². The van der Waals surface area contributed by atoms with Gasteiger partial charge in [-0.2, -0.15) is 0 Å². The van der Waals surface area contributed by atoms with Crippen LogP contribution in [-0.4, -0.2) is 44.3 Å². The van der Waals surface area contributed by atoms with Crippen LogP contribution in [0.25, 0.3) is 89.0 Å². The van der Waals surface area contributed by atoms with Gasteiger partial charge in [-0.05, 0) is 150 Å². The molecule has 0 radical (unpaired) electrons. The van der Waals surface area contributed by atoms with Gasteiger partial charge in [-0.15, -0.1) is 0 Å². The van der Waals surface area contributed by atoms with Gasteiger partial charge in [0.1, 0.15) is 0 Å². The maximum atomic E-state index is 11.9. The highest BCUT2D eigenvalue weighted by molar-refractivity contribution is 6.05. The van der Waals surface area contributed by atoms with Gasteiger partial charge in [0, 0.05) is 0 Å². The highest BCUT2D eigenvalue weighted by Crippen LogP contribution is 2.49. The predicted octanol–water partition coefficient (Wildman–Crippen LogP) is 13.8. The maximum absolute atomic E-state index is 11.9. The summed E-state index contributed by atoms with van der Waals surface area (Å²) in [6, 6.07) is 63.3. The molecule has 0 saturated carbocycles. The molecule has 0 fully saturated rings. The molecule has 0 aromatic heterocycles. The Morgan fingerprint density at radius 3 is 0.545 bits per heavy atom. The largest absolute Gasteiger partial charge is 0.478 e. The average Bonchev–Trinajstić information content (AvgIpc) is 3.36. The Hall–Kier alpha value is -9.14. The van der Waals surface area contributed by atoms with Crippen LogP contribution >= 0.6 is 0 Å². The third-order valence-electron chi connectivity index (χ3n) is 11.8. The van der Waals surface area contributed by atoms with E-state index < -0.39 is 23.9 Å². The van der Waals surface area contributed by atoms with Crippen molar-refractivity contribution in [3.05, 3.63) is 229 Å². The number of aromatic carboxylic acids is 4. The summed E-state index contributed by atoms with van der Waals surface area (Å²) in [5.41, 5.74) is 14.1. The van der Waals surface area contributed by atoms with Crippen LogP contribution < -0.4 is 0 Å². The van der Waals surface area contributed by atoms with Crippen molar-refractivity contribution in [3.8, 4) is 89.0 Å². The summed E-state index contributed by atoms with van der Waals surface area (Å²) in [7, 11) is 0. The van der Waals surface area contributed by atoms with E-state index in [1.807, 2.05) is 97.1 Å². The lowest BCUT2D eigenvalue weighted by Gasteiger charge is -2.23. The second kappa shape index (κ2) is 17.9. The first-order chi connectivity index (χ1) is 32.0. The maximum Gasteiger partial charge on any atom is 0.335 e. The fraction of sp³-hybridized carbons (Fsp3) is 0. The highest BCUT2D eigenvalue weighted by atomic mass is 16.4. The molecule has 318 valence electrons. The van der Waals surface area contributed by atoms with E-state index in [2.05, 4.69) is 12.1 Å². The smallest absolute Gasteiger partial charge is 0.335 e. The van der Waals surface area contributed by atoms with Crippen LogP contribution in [0.15, 0.2) is 206 Å². The van der Waals surface area contributed by atoms with Crippen molar-refractivity contribution in [2.45, 2.75) is 0 Å². The summed E-state index contributed by atoms with van der Waals surface area (Å²) in [5.74, 6) is -4.11. The first-order valence-corrected chi connectivity index (χ1v) is 21.0. The minimum absolute atomic E-state index is 0.163. The molecule has 9 aromatic carbocycles. The Labute approximate surface area is 379 Å². The molecule has 0 atom stereocenters. The fourth-order valence-electron chi connectivity index (χ4n) is 8.54. The van der Waals surface area contributed by atoms with Crippen LogP contribution in [-0.2, 0) is 0 Å². The summed E-state index contributed by atoms with van der Waals surface area (Å²) >= 11 is 0. The molecule has 0 unspecified atom stereocenters. The number of hydrogen-bond donors (Lipinski definition) is 4. The number of rotatable bonds is 12. The van der Waals surface area contributed by atoms with Gasteiger partial charge in [0.2, 0.25) is 0 Å².